The first-order valence-corrected chi connectivity index (χ1v) is 4.00. The molecule has 0 spiro atoms. The van der Waals surface area contributed by atoms with E-state index in [1.165, 1.54) is 5.56 Å². The van der Waals surface area contributed by atoms with Gasteiger partial charge in [-0.25, -0.2) is 0 Å². The molecule has 1 atom stereocenters. The number of para-hydroxylation sites is 1. The van der Waals surface area contributed by atoms with Crippen LogP contribution in [0.1, 0.15) is 17.9 Å². The van der Waals surface area contributed by atoms with Gasteiger partial charge in [0.15, 0.2) is 0 Å². The Morgan fingerprint density at radius 2 is 2.33 bits per heavy atom. The van der Waals surface area contributed by atoms with Crippen molar-refractivity contribution < 1.29 is 4.74 Å². The van der Waals surface area contributed by atoms with E-state index < -0.39 is 0 Å². The van der Waals surface area contributed by atoms with Crippen molar-refractivity contribution in [3.8, 4) is 11.8 Å². The molecule has 1 aromatic rings. The van der Waals surface area contributed by atoms with E-state index in [2.05, 4.69) is 6.07 Å². The van der Waals surface area contributed by atoms with Gasteiger partial charge < -0.3 is 4.74 Å². The average Bonchev–Trinajstić information content (AvgIpc) is 2.50. The molecule has 1 aliphatic rings. The molecule has 0 N–H and O–H groups in total. The summed E-state index contributed by atoms with van der Waals surface area (Å²) in [6.45, 7) is 0.660. The minimum Gasteiger partial charge on any atom is -0.493 e. The molecule has 0 saturated heterocycles. The number of hydrogen-bond acceptors (Lipinski definition) is 2. The molecule has 2 heteroatoms. The van der Waals surface area contributed by atoms with Crippen LogP contribution in [-0.4, -0.2) is 6.61 Å². The maximum atomic E-state index is 8.55. The van der Waals surface area contributed by atoms with Crippen molar-refractivity contribution >= 4 is 0 Å². The van der Waals surface area contributed by atoms with E-state index in [4.69, 9.17) is 10.00 Å². The van der Waals surface area contributed by atoms with Crippen molar-refractivity contribution in [1.29, 1.82) is 5.26 Å². The van der Waals surface area contributed by atoms with Crippen LogP contribution in [0, 0.1) is 11.3 Å². The molecular weight excluding hydrogens is 150 g/mol. The number of benzene rings is 1. The zero-order valence-electron chi connectivity index (χ0n) is 6.66. The first-order valence-electron chi connectivity index (χ1n) is 4.00. The molecule has 0 aromatic heterocycles. The van der Waals surface area contributed by atoms with Crippen molar-refractivity contribution in [1.82, 2.24) is 0 Å². The van der Waals surface area contributed by atoms with Crippen LogP contribution >= 0.6 is 0 Å². The highest BCUT2D eigenvalue weighted by molar-refractivity contribution is 5.39. The van der Waals surface area contributed by atoms with E-state index in [9.17, 15) is 0 Å². The minimum atomic E-state index is 0.284. The van der Waals surface area contributed by atoms with Crippen molar-refractivity contribution in [2.45, 2.75) is 12.3 Å². The summed E-state index contributed by atoms with van der Waals surface area (Å²) in [4.78, 5) is 0. The SMILES string of the molecule is N#CC[C@H]1COc2ccccc21. The Morgan fingerprint density at radius 1 is 1.50 bits per heavy atom. The summed E-state index contributed by atoms with van der Waals surface area (Å²) < 4.78 is 5.41. The predicted octanol–water partition coefficient (Wildman–Crippen LogP) is 2.08. The van der Waals surface area contributed by atoms with E-state index >= 15 is 0 Å². The van der Waals surface area contributed by atoms with Gasteiger partial charge in [-0.1, -0.05) is 18.2 Å². The van der Waals surface area contributed by atoms with Gasteiger partial charge >= 0.3 is 0 Å². The monoisotopic (exact) mass is 159 g/mol. The van der Waals surface area contributed by atoms with Gasteiger partial charge in [-0.3, -0.25) is 0 Å². The van der Waals surface area contributed by atoms with Crippen LogP contribution in [-0.2, 0) is 0 Å². The summed E-state index contributed by atoms with van der Waals surface area (Å²) in [5.74, 6) is 1.23. The molecule has 60 valence electrons. The van der Waals surface area contributed by atoms with Gasteiger partial charge in [0.2, 0.25) is 0 Å². The molecule has 2 rings (SSSR count). The normalized spacial score (nSPS) is 19.4. The summed E-state index contributed by atoms with van der Waals surface area (Å²) in [5.41, 5.74) is 1.18. The Balaban J connectivity index is 2.31. The standard InChI is InChI=1S/C10H9NO/c11-6-5-8-7-12-10-4-2-1-3-9(8)10/h1-4,8H,5,7H2/t8-/m0/s1. The molecule has 0 radical (unpaired) electrons. The highest BCUT2D eigenvalue weighted by Gasteiger charge is 2.22. The molecule has 12 heavy (non-hydrogen) atoms. The second-order valence-corrected chi connectivity index (χ2v) is 2.91. The first-order chi connectivity index (χ1) is 5.92. The van der Waals surface area contributed by atoms with Gasteiger partial charge in [0.1, 0.15) is 5.75 Å². The van der Waals surface area contributed by atoms with Gasteiger partial charge in [0, 0.05) is 17.9 Å². The third kappa shape index (κ3) is 1.04. The lowest BCUT2D eigenvalue weighted by Crippen LogP contribution is -1.98. The van der Waals surface area contributed by atoms with Crippen LogP contribution in [0.5, 0.6) is 5.75 Å². The van der Waals surface area contributed by atoms with Crippen molar-refractivity contribution in [2.75, 3.05) is 6.61 Å². The molecule has 0 aliphatic carbocycles. The second kappa shape index (κ2) is 2.86. The van der Waals surface area contributed by atoms with Crippen LogP contribution in [0.25, 0.3) is 0 Å². The Morgan fingerprint density at radius 3 is 3.17 bits per heavy atom. The number of fused-ring (bicyclic) bond motifs is 1. The lowest BCUT2D eigenvalue weighted by atomic mass is 9.99. The third-order valence-electron chi connectivity index (χ3n) is 2.14. The quantitative estimate of drug-likeness (QED) is 0.628. The molecule has 0 unspecified atom stereocenters. The lowest BCUT2D eigenvalue weighted by molar-refractivity contribution is 0.332. The molecule has 0 saturated carbocycles. The molecule has 0 fully saturated rings. The molecular formula is C10H9NO. The summed E-state index contributed by atoms with van der Waals surface area (Å²) in [6.07, 6.45) is 0.553. The highest BCUT2D eigenvalue weighted by atomic mass is 16.5. The predicted molar refractivity (Wildman–Crippen MR) is 44.9 cm³/mol. The van der Waals surface area contributed by atoms with Crippen LogP contribution in [0.15, 0.2) is 24.3 Å². The zero-order valence-corrected chi connectivity index (χ0v) is 6.66. The number of nitrogens with zero attached hydrogens (tertiary/aromatic N) is 1. The van der Waals surface area contributed by atoms with E-state index in [1.807, 2.05) is 24.3 Å². The fourth-order valence-corrected chi connectivity index (χ4v) is 1.51. The molecule has 1 aliphatic heterocycles. The largest absolute Gasteiger partial charge is 0.493 e. The Kier molecular flexibility index (Phi) is 1.71. The Labute approximate surface area is 71.4 Å². The van der Waals surface area contributed by atoms with Gasteiger partial charge in [-0.15, -0.1) is 0 Å². The van der Waals surface area contributed by atoms with Crippen molar-refractivity contribution in [2.24, 2.45) is 0 Å². The van der Waals surface area contributed by atoms with Gasteiger partial charge in [0.25, 0.3) is 0 Å². The number of rotatable bonds is 1. The number of ether oxygens (including phenoxy) is 1. The van der Waals surface area contributed by atoms with Gasteiger partial charge in [-0.2, -0.15) is 5.26 Å². The zero-order chi connectivity index (χ0) is 8.39. The molecule has 1 heterocycles. The number of nitriles is 1. The van der Waals surface area contributed by atoms with Gasteiger partial charge in [-0.05, 0) is 6.07 Å². The lowest BCUT2D eigenvalue weighted by Gasteiger charge is -2.00. The fraction of sp³-hybridized carbons (Fsp3) is 0.300. The summed E-state index contributed by atoms with van der Waals surface area (Å²) in [7, 11) is 0. The molecule has 1 aromatic carbocycles. The van der Waals surface area contributed by atoms with Crippen LogP contribution in [0.2, 0.25) is 0 Å². The maximum Gasteiger partial charge on any atom is 0.122 e. The summed E-state index contributed by atoms with van der Waals surface area (Å²) in [6, 6.07) is 10.1. The Bertz CT molecular complexity index is 327. The smallest absolute Gasteiger partial charge is 0.122 e. The maximum absolute atomic E-state index is 8.55. The topological polar surface area (TPSA) is 33.0 Å². The van der Waals surface area contributed by atoms with Crippen LogP contribution in [0.3, 0.4) is 0 Å². The number of hydrogen-bond donors (Lipinski definition) is 0. The Hall–Kier alpha value is -1.49. The molecule has 0 bridgehead atoms. The fourth-order valence-electron chi connectivity index (χ4n) is 1.51. The summed E-state index contributed by atoms with van der Waals surface area (Å²) in [5, 5.41) is 8.55. The highest BCUT2D eigenvalue weighted by Crippen LogP contribution is 2.34. The van der Waals surface area contributed by atoms with Crippen molar-refractivity contribution in [3.63, 3.8) is 0 Å². The third-order valence-corrected chi connectivity index (χ3v) is 2.14. The van der Waals surface area contributed by atoms with Gasteiger partial charge in [0.05, 0.1) is 12.7 Å². The van der Waals surface area contributed by atoms with E-state index in [-0.39, 0.29) is 5.92 Å². The average molecular weight is 159 g/mol. The van der Waals surface area contributed by atoms with E-state index in [0.29, 0.717) is 13.0 Å². The van der Waals surface area contributed by atoms with E-state index in [1.54, 1.807) is 0 Å². The van der Waals surface area contributed by atoms with Crippen LogP contribution in [0.4, 0.5) is 0 Å². The molecule has 0 amide bonds. The second-order valence-electron chi connectivity index (χ2n) is 2.91. The van der Waals surface area contributed by atoms with Crippen molar-refractivity contribution in [3.05, 3.63) is 29.8 Å². The van der Waals surface area contributed by atoms with Crippen LogP contribution < -0.4 is 4.74 Å². The minimum absolute atomic E-state index is 0.284. The first kappa shape index (κ1) is 7.17. The summed E-state index contributed by atoms with van der Waals surface area (Å²) >= 11 is 0. The van der Waals surface area contributed by atoms with E-state index in [0.717, 1.165) is 5.75 Å². The molecule has 2 nitrogen and oxygen atoms in total.